The summed E-state index contributed by atoms with van der Waals surface area (Å²) in [7, 11) is 0. The Morgan fingerprint density at radius 2 is 2.05 bits per heavy atom. The molecule has 0 amide bonds. The number of hydrogen-bond donors (Lipinski definition) is 0. The molecule has 0 saturated carbocycles. The first-order valence-corrected chi connectivity index (χ1v) is 8.15. The van der Waals surface area contributed by atoms with E-state index in [1.807, 2.05) is 18.5 Å². The number of nitrogens with zero attached hydrogens (tertiary/aromatic N) is 4. The highest BCUT2D eigenvalue weighted by Gasteiger charge is 2.28. The Bertz CT molecular complexity index is 692. The van der Waals surface area contributed by atoms with Crippen LogP contribution in [0, 0.1) is 0 Å². The molecule has 108 valence electrons. The van der Waals surface area contributed by atoms with Crippen molar-refractivity contribution in [2.24, 2.45) is 0 Å². The van der Waals surface area contributed by atoms with Gasteiger partial charge in [0.25, 0.3) is 0 Å². The summed E-state index contributed by atoms with van der Waals surface area (Å²) in [6.07, 6.45) is 9.50. The minimum absolute atomic E-state index is 0.652. The van der Waals surface area contributed by atoms with E-state index < -0.39 is 0 Å². The number of hydrogen-bond acceptors (Lipinski definition) is 4. The molecule has 2 aromatic rings. The summed E-state index contributed by atoms with van der Waals surface area (Å²) in [5.74, 6) is 0. The summed E-state index contributed by atoms with van der Waals surface area (Å²) in [6, 6.07) is 4.77. The lowest BCUT2D eigenvalue weighted by Gasteiger charge is -2.24. The summed E-state index contributed by atoms with van der Waals surface area (Å²) in [4.78, 5) is 14.0. The van der Waals surface area contributed by atoms with Crippen LogP contribution >= 0.6 is 15.9 Å². The highest BCUT2D eigenvalue weighted by molar-refractivity contribution is 9.10. The van der Waals surface area contributed by atoms with Crippen molar-refractivity contribution < 1.29 is 0 Å². The van der Waals surface area contributed by atoms with Crippen molar-refractivity contribution in [2.75, 3.05) is 31.1 Å². The Morgan fingerprint density at radius 1 is 1.19 bits per heavy atom. The molecule has 2 aliphatic heterocycles. The topological polar surface area (TPSA) is 32.3 Å². The summed E-state index contributed by atoms with van der Waals surface area (Å²) < 4.78 is 0.974. The summed E-state index contributed by atoms with van der Waals surface area (Å²) in [5.41, 5.74) is 3.16. The zero-order chi connectivity index (χ0) is 14.2. The number of fused-ring (bicyclic) bond motifs is 1. The van der Waals surface area contributed by atoms with E-state index in [2.05, 4.69) is 53.9 Å². The van der Waals surface area contributed by atoms with E-state index in [0.717, 1.165) is 41.7 Å². The fourth-order valence-corrected chi connectivity index (χ4v) is 3.62. The lowest BCUT2D eigenvalue weighted by atomic mass is 10.2. The van der Waals surface area contributed by atoms with Crippen molar-refractivity contribution in [1.29, 1.82) is 0 Å². The van der Waals surface area contributed by atoms with Gasteiger partial charge in [-0.1, -0.05) is 12.2 Å². The lowest BCUT2D eigenvalue weighted by molar-refractivity contribution is 0.271. The minimum atomic E-state index is 0.652. The second kappa shape index (κ2) is 5.39. The molecule has 1 atom stereocenters. The van der Waals surface area contributed by atoms with Gasteiger partial charge in [0.15, 0.2) is 0 Å². The van der Waals surface area contributed by atoms with Crippen molar-refractivity contribution in [3.05, 3.63) is 41.2 Å². The normalized spacial score (nSPS) is 22.5. The molecule has 1 saturated heterocycles. The van der Waals surface area contributed by atoms with Crippen molar-refractivity contribution in [2.45, 2.75) is 12.5 Å². The zero-order valence-corrected chi connectivity index (χ0v) is 13.3. The summed E-state index contributed by atoms with van der Waals surface area (Å²) in [5, 5.41) is 0. The maximum atomic E-state index is 4.57. The zero-order valence-electron chi connectivity index (χ0n) is 11.7. The molecule has 4 heterocycles. The Labute approximate surface area is 132 Å². The van der Waals surface area contributed by atoms with E-state index in [9.17, 15) is 0 Å². The van der Waals surface area contributed by atoms with Crippen LogP contribution in [0.5, 0.6) is 0 Å². The maximum Gasteiger partial charge on any atom is 0.112 e. The van der Waals surface area contributed by atoms with Gasteiger partial charge in [-0.2, -0.15) is 0 Å². The van der Waals surface area contributed by atoms with Gasteiger partial charge in [0, 0.05) is 49.1 Å². The van der Waals surface area contributed by atoms with Gasteiger partial charge in [0.1, 0.15) is 5.52 Å². The molecule has 4 nitrogen and oxygen atoms in total. The highest BCUT2D eigenvalue weighted by atomic mass is 79.9. The Balaban J connectivity index is 1.62. The minimum Gasteiger partial charge on any atom is -0.368 e. The fraction of sp³-hybridized carbons (Fsp3) is 0.375. The molecule has 0 bridgehead atoms. The number of halogens is 1. The first kappa shape index (κ1) is 13.2. The third-order valence-electron chi connectivity index (χ3n) is 4.39. The van der Waals surface area contributed by atoms with Crippen molar-refractivity contribution in [1.82, 2.24) is 14.9 Å². The molecular formula is C16H17BrN4. The summed E-state index contributed by atoms with van der Waals surface area (Å²) >= 11 is 3.47. The molecule has 1 unspecified atom stereocenters. The van der Waals surface area contributed by atoms with Crippen LogP contribution in [0.15, 0.2) is 41.2 Å². The quantitative estimate of drug-likeness (QED) is 0.784. The van der Waals surface area contributed by atoms with Gasteiger partial charge in [0.05, 0.1) is 11.2 Å². The van der Waals surface area contributed by atoms with Crippen LogP contribution in [0.1, 0.15) is 6.42 Å². The van der Waals surface area contributed by atoms with Gasteiger partial charge in [-0.15, -0.1) is 0 Å². The molecule has 4 rings (SSSR count). The third kappa shape index (κ3) is 2.45. The van der Waals surface area contributed by atoms with Gasteiger partial charge in [-0.3, -0.25) is 14.9 Å². The molecule has 0 aromatic carbocycles. The van der Waals surface area contributed by atoms with Crippen LogP contribution in [0.3, 0.4) is 0 Å². The smallest absolute Gasteiger partial charge is 0.112 e. The van der Waals surface area contributed by atoms with E-state index in [1.165, 1.54) is 12.1 Å². The van der Waals surface area contributed by atoms with E-state index in [4.69, 9.17) is 0 Å². The second-order valence-corrected chi connectivity index (χ2v) is 6.58. The van der Waals surface area contributed by atoms with Gasteiger partial charge >= 0.3 is 0 Å². The van der Waals surface area contributed by atoms with E-state index in [0.29, 0.717) is 6.04 Å². The van der Waals surface area contributed by atoms with Crippen molar-refractivity contribution >= 4 is 32.7 Å². The second-order valence-electron chi connectivity index (χ2n) is 5.67. The predicted octanol–water partition coefficient (Wildman–Crippen LogP) is 2.84. The SMILES string of the molecule is Brc1cnc2c(N3CCC(N4CC=CC4)C3)ccnc2c1. The first-order valence-electron chi connectivity index (χ1n) is 7.35. The fourth-order valence-electron chi connectivity index (χ4n) is 3.30. The van der Waals surface area contributed by atoms with Crippen LogP contribution in [-0.4, -0.2) is 47.1 Å². The van der Waals surface area contributed by atoms with Gasteiger partial charge in [-0.25, -0.2) is 0 Å². The highest BCUT2D eigenvalue weighted by Crippen LogP contribution is 2.29. The monoisotopic (exact) mass is 344 g/mol. The molecule has 0 spiro atoms. The van der Waals surface area contributed by atoms with Gasteiger partial charge in [-0.05, 0) is 34.5 Å². The van der Waals surface area contributed by atoms with Gasteiger partial charge < -0.3 is 4.90 Å². The maximum absolute atomic E-state index is 4.57. The van der Waals surface area contributed by atoms with E-state index in [-0.39, 0.29) is 0 Å². The molecule has 21 heavy (non-hydrogen) atoms. The van der Waals surface area contributed by atoms with Crippen LogP contribution < -0.4 is 4.90 Å². The molecule has 2 aliphatic rings. The predicted molar refractivity (Wildman–Crippen MR) is 88.6 cm³/mol. The average Bonchev–Trinajstić information content (AvgIpc) is 3.17. The summed E-state index contributed by atoms with van der Waals surface area (Å²) in [6.45, 7) is 4.37. The number of anilines is 1. The molecule has 1 fully saturated rings. The van der Waals surface area contributed by atoms with E-state index >= 15 is 0 Å². The molecular weight excluding hydrogens is 328 g/mol. The Morgan fingerprint density at radius 3 is 2.90 bits per heavy atom. The molecule has 0 radical (unpaired) electrons. The van der Waals surface area contributed by atoms with Gasteiger partial charge in [0.2, 0.25) is 0 Å². The number of rotatable bonds is 2. The molecule has 0 aliphatic carbocycles. The van der Waals surface area contributed by atoms with Crippen LogP contribution in [0.2, 0.25) is 0 Å². The lowest BCUT2D eigenvalue weighted by Crippen LogP contribution is -2.35. The van der Waals surface area contributed by atoms with Crippen molar-refractivity contribution in [3.8, 4) is 0 Å². The van der Waals surface area contributed by atoms with Crippen molar-refractivity contribution in [3.63, 3.8) is 0 Å². The molecule has 2 aromatic heterocycles. The largest absolute Gasteiger partial charge is 0.368 e. The molecule has 5 heteroatoms. The Kier molecular flexibility index (Phi) is 3.39. The third-order valence-corrected chi connectivity index (χ3v) is 4.82. The van der Waals surface area contributed by atoms with Crippen LogP contribution in [0.25, 0.3) is 11.0 Å². The Hall–Kier alpha value is -1.46. The van der Waals surface area contributed by atoms with Crippen LogP contribution in [0.4, 0.5) is 5.69 Å². The number of aromatic nitrogens is 2. The average molecular weight is 345 g/mol. The first-order chi connectivity index (χ1) is 10.3. The van der Waals surface area contributed by atoms with E-state index in [1.54, 1.807) is 0 Å². The standard InChI is InChI=1S/C16H17BrN4/c17-12-9-14-16(19-10-12)15(3-5-18-14)21-8-4-13(11-21)20-6-1-2-7-20/h1-3,5,9-10,13H,4,6-8,11H2. The van der Waals surface area contributed by atoms with Crippen LogP contribution in [-0.2, 0) is 0 Å². The number of pyridine rings is 2. The molecule has 0 N–H and O–H groups in total.